The summed E-state index contributed by atoms with van der Waals surface area (Å²) in [4.78, 5) is 19.9. The maximum absolute atomic E-state index is 5.40. The maximum atomic E-state index is 5.40. The average molecular weight is 1220 g/mol. The molecule has 0 radical (unpaired) electrons. The molecule has 4 heteroatoms. The molecule has 2 spiro atoms. The van der Waals surface area contributed by atoms with Gasteiger partial charge in [0.25, 0.3) is 0 Å². The van der Waals surface area contributed by atoms with Gasteiger partial charge in [0.05, 0.1) is 45.0 Å². The molecule has 96 heavy (non-hydrogen) atoms. The molecule has 442 valence electrons. The van der Waals surface area contributed by atoms with E-state index in [-0.39, 0.29) is 0 Å². The smallest absolute Gasteiger partial charge is 0.0893 e. The SMILES string of the molecule is c1ccc(-c2cccc(-c3ccc(-c4ccc5c6c(ccc5c4)-c4c(ccc5cc(-c7ccnc(-c8cccc(-c9ccc%10c%11c(ccc%10c9)-c9c(ccc%10ccccc9%10)C%119c%10ccccc%10-c%10ccccc%109)n8)c7)ccc45)C64c5ccccc5-c5ccccc54)cc3)n2)nc1. The van der Waals surface area contributed by atoms with Gasteiger partial charge in [0.2, 0.25) is 0 Å². The van der Waals surface area contributed by atoms with Gasteiger partial charge in [-0.25, -0.2) is 9.97 Å². The predicted octanol–water partition coefficient (Wildman–Crippen LogP) is 22.6. The molecular weight excluding hydrogens is 1160 g/mol. The average Bonchev–Trinajstić information content (AvgIpc) is 1.51. The minimum Gasteiger partial charge on any atom is -0.255 e. The topological polar surface area (TPSA) is 51.6 Å². The van der Waals surface area contributed by atoms with E-state index in [2.05, 4.69) is 296 Å². The van der Waals surface area contributed by atoms with Crippen molar-refractivity contribution in [2.45, 2.75) is 10.8 Å². The Morgan fingerprint density at radius 2 is 0.604 bits per heavy atom. The molecule has 21 rings (SSSR count). The highest BCUT2D eigenvalue weighted by Gasteiger charge is 2.54. The Labute approximate surface area is 554 Å². The first-order valence-electron chi connectivity index (χ1n) is 33.1. The summed E-state index contributed by atoms with van der Waals surface area (Å²) in [5.41, 5.74) is 32.0. The Morgan fingerprint density at radius 1 is 0.198 bits per heavy atom. The monoisotopic (exact) mass is 1210 g/mol. The number of hydrogen-bond donors (Lipinski definition) is 0. The van der Waals surface area contributed by atoms with E-state index in [9.17, 15) is 0 Å². The van der Waals surface area contributed by atoms with Crippen molar-refractivity contribution < 1.29 is 0 Å². The summed E-state index contributed by atoms with van der Waals surface area (Å²) < 4.78 is 0. The summed E-state index contributed by atoms with van der Waals surface area (Å²) in [6.45, 7) is 0. The van der Waals surface area contributed by atoms with Crippen LogP contribution in [-0.4, -0.2) is 19.9 Å². The van der Waals surface area contributed by atoms with Crippen LogP contribution in [0.4, 0.5) is 0 Å². The third-order valence-corrected chi connectivity index (χ3v) is 21.6. The van der Waals surface area contributed by atoms with E-state index in [4.69, 9.17) is 15.0 Å². The lowest BCUT2D eigenvalue weighted by Gasteiger charge is -2.31. The van der Waals surface area contributed by atoms with Gasteiger partial charge in [-0.15, -0.1) is 0 Å². The molecule has 0 aliphatic heterocycles. The summed E-state index contributed by atoms with van der Waals surface area (Å²) in [6, 6.07) is 117. The molecule has 4 heterocycles. The standard InChI is InChI=1S/C92H54N4/c1-2-16-65-56(15-1)39-46-79-87(65)73-45-37-63-53-64(38-43-68(63)90(73)91(79)75-21-7-3-17-69(75)70-18-4-8-22-76(70)91)82-27-14-29-85(96-82)86-54-60(48-50-94-86)59-34-41-66-61(52-59)40-47-80-88(66)74-44-36-62-51-58(55-30-32-57(33-31-55)81-26-13-28-84(95-81)83-25-11-12-49-93-83)35-42-67(62)89(74)92(80)77-23-9-5-19-71(77)72-20-6-10-24-78(72)92/h1-54H. The van der Waals surface area contributed by atoms with E-state index in [1.807, 2.05) is 36.7 Å². The molecular formula is C92H54N4. The molecule has 4 aliphatic rings. The number of aromatic nitrogens is 4. The van der Waals surface area contributed by atoms with Gasteiger partial charge in [0, 0.05) is 23.5 Å². The number of fused-ring (bicyclic) bond motifs is 28. The highest BCUT2D eigenvalue weighted by Crippen LogP contribution is 2.67. The third-order valence-electron chi connectivity index (χ3n) is 21.6. The van der Waals surface area contributed by atoms with E-state index < -0.39 is 10.8 Å². The fraction of sp³-hybridized carbons (Fsp3) is 0.0217. The second-order valence-electron chi connectivity index (χ2n) is 26.2. The van der Waals surface area contributed by atoms with Gasteiger partial charge in [0.15, 0.2) is 0 Å². The molecule has 0 bridgehead atoms. The third kappa shape index (κ3) is 7.27. The summed E-state index contributed by atoms with van der Waals surface area (Å²) in [5.74, 6) is 0. The number of hydrogen-bond acceptors (Lipinski definition) is 4. The van der Waals surface area contributed by atoms with Crippen LogP contribution >= 0.6 is 0 Å². The minimum atomic E-state index is -0.529. The molecule has 0 unspecified atom stereocenters. The molecule has 0 atom stereocenters. The van der Waals surface area contributed by atoms with Gasteiger partial charge < -0.3 is 0 Å². The first-order chi connectivity index (χ1) is 47.6. The van der Waals surface area contributed by atoms with Crippen LogP contribution in [0.25, 0.3) is 155 Å². The lowest BCUT2D eigenvalue weighted by atomic mass is 9.69. The summed E-state index contributed by atoms with van der Waals surface area (Å²) in [7, 11) is 0. The van der Waals surface area contributed by atoms with E-state index in [0.29, 0.717) is 0 Å². The Hall–Kier alpha value is -12.5. The lowest BCUT2D eigenvalue weighted by molar-refractivity contribution is 0.802. The molecule has 13 aromatic carbocycles. The molecule has 0 saturated heterocycles. The van der Waals surface area contributed by atoms with Gasteiger partial charge >= 0.3 is 0 Å². The van der Waals surface area contributed by atoms with Crippen LogP contribution in [0, 0.1) is 0 Å². The fourth-order valence-electron chi connectivity index (χ4n) is 17.6. The zero-order valence-electron chi connectivity index (χ0n) is 52.0. The van der Waals surface area contributed by atoms with Crippen LogP contribution in [0.5, 0.6) is 0 Å². The van der Waals surface area contributed by atoms with Crippen molar-refractivity contribution in [3.8, 4) is 112 Å². The molecule has 0 fully saturated rings. The summed E-state index contributed by atoms with van der Waals surface area (Å²) in [6.07, 6.45) is 3.74. The minimum absolute atomic E-state index is 0.472. The normalized spacial score (nSPS) is 13.6. The molecule has 17 aromatic rings. The van der Waals surface area contributed by atoms with Gasteiger partial charge in [-0.05, 0) is 221 Å². The van der Waals surface area contributed by atoms with Gasteiger partial charge in [0.1, 0.15) is 0 Å². The van der Waals surface area contributed by atoms with Crippen molar-refractivity contribution in [1.29, 1.82) is 0 Å². The molecule has 4 nitrogen and oxygen atoms in total. The van der Waals surface area contributed by atoms with Crippen molar-refractivity contribution in [2.24, 2.45) is 0 Å². The summed E-state index contributed by atoms with van der Waals surface area (Å²) >= 11 is 0. The highest BCUT2D eigenvalue weighted by atomic mass is 14.8. The molecule has 0 amide bonds. The molecule has 0 N–H and O–H groups in total. The Balaban J connectivity index is 0.644. The van der Waals surface area contributed by atoms with Crippen LogP contribution in [0.15, 0.2) is 328 Å². The first-order valence-corrected chi connectivity index (χ1v) is 33.1. The summed E-state index contributed by atoms with van der Waals surface area (Å²) in [5, 5.41) is 9.90. The molecule has 4 aliphatic carbocycles. The maximum Gasteiger partial charge on any atom is 0.0893 e. The number of nitrogens with zero attached hydrogens (tertiary/aromatic N) is 4. The van der Waals surface area contributed by atoms with Crippen LogP contribution < -0.4 is 0 Å². The van der Waals surface area contributed by atoms with Crippen LogP contribution in [-0.2, 0) is 10.8 Å². The van der Waals surface area contributed by atoms with Crippen LogP contribution in [0.1, 0.15) is 44.5 Å². The number of benzene rings is 13. The Kier molecular flexibility index (Phi) is 11.1. The predicted molar refractivity (Wildman–Crippen MR) is 393 cm³/mol. The number of pyridine rings is 4. The van der Waals surface area contributed by atoms with Crippen molar-refractivity contribution in [3.05, 3.63) is 372 Å². The van der Waals surface area contributed by atoms with Crippen molar-refractivity contribution in [3.63, 3.8) is 0 Å². The second kappa shape index (κ2) is 20.0. The van der Waals surface area contributed by atoms with Crippen LogP contribution in [0.3, 0.4) is 0 Å². The largest absolute Gasteiger partial charge is 0.255 e. The van der Waals surface area contributed by atoms with Crippen LogP contribution in [0.2, 0.25) is 0 Å². The molecule has 0 saturated carbocycles. The van der Waals surface area contributed by atoms with Gasteiger partial charge in [-0.1, -0.05) is 249 Å². The zero-order valence-corrected chi connectivity index (χ0v) is 52.0. The molecule has 4 aromatic heterocycles. The highest BCUT2D eigenvalue weighted by molar-refractivity contribution is 6.13. The lowest BCUT2D eigenvalue weighted by Crippen LogP contribution is -2.26. The fourth-order valence-corrected chi connectivity index (χ4v) is 17.6. The second-order valence-corrected chi connectivity index (χ2v) is 26.2. The van der Waals surface area contributed by atoms with E-state index in [1.165, 1.54) is 138 Å². The Morgan fingerprint density at radius 3 is 1.20 bits per heavy atom. The van der Waals surface area contributed by atoms with E-state index in [0.717, 1.165) is 62.0 Å². The van der Waals surface area contributed by atoms with E-state index >= 15 is 0 Å². The van der Waals surface area contributed by atoms with Gasteiger partial charge in [-0.2, -0.15) is 0 Å². The van der Waals surface area contributed by atoms with Crippen molar-refractivity contribution in [2.75, 3.05) is 0 Å². The van der Waals surface area contributed by atoms with Gasteiger partial charge in [-0.3, -0.25) is 9.97 Å². The number of rotatable bonds is 6. The zero-order chi connectivity index (χ0) is 62.8. The van der Waals surface area contributed by atoms with Crippen molar-refractivity contribution >= 4 is 43.1 Å². The quantitative estimate of drug-likeness (QED) is 0.166. The van der Waals surface area contributed by atoms with E-state index in [1.54, 1.807) is 0 Å². The first kappa shape index (κ1) is 53.1. The van der Waals surface area contributed by atoms with Crippen molar-refractivity contribution in [1.82, 2.24) is 19.9 Å². The Bertz CT molecular complexity index is 6130.